The minimum absolute atomic E-state index is 0.118. The van der Waals surface area contributed by atoms with Crippen LogP contribution in [0.15, 0.2) is 18.2 Å². The molecule has 110 valence electrons. The van der Waals surface area contributed by atoms with Crippen molar-refractivity contribution in [2.75, 3.05) is 7.11 Å². The molecular weight excluding hydrogens is 259 g/mol. The fraction of sp³-hybridized carbons (Fsp3) is 0.533. The monoisotopic (exact) mass is 280 g/mol. The van der Waals surface area contributed by atoms with Crippen LogP contribution in [0.1, 0.15) is 36.8 Å². The Morgan fingerprint density at radius 2 is 2.15 bits per heavy atom. The van der Waals surface area contributed by atoms with Gasteiger partial charge in [-0.15, -0.1) is 0 Å². The number of nitrogens with one attached hydrogen (secondary N) is 1. The zero-order valence-electron chi connectivity index (χ0n) is 11.7. The first kappa shape index (κ1) is 14.9. The summed E-state index contributed by atoms with van der Waals surface area (Å²) in [6.07, 6.45) is 3.46. The lowest BCUT2D eigenvalue weighted by atomic mass is 9.98. The Kier molecular flexibility index (Phi) is 4.73. The van der Waals surface area contributed by atoms with Gasteiger partial charge in [-0.05, 0) is 30.5 Å². The van der Waals surface area contributed by atoms with Crippen LogP contribution < -0.4 is 11.1 Å². The summed E-state index contributed by atoms with van der Waals surface area (Å²) in [7, 11) is 1.52. The van der Waals surface area contributed by atoms with Gasteiger partial charge in [-0.2, -0.15) is 0 Å². The Morgan fingerprint density at radius 1 is 1.45 bits per heavy atom. The fourth-order valence-corrected chi connectivity index (χ4v) is 2.60. The van der Waals surface area contributed by atoms with Gasteiger partial charge in [0.25, 0.3) is 0 Å². The van der Waals surface area contributed by atoms with Gasteiger partial charge in [-0.1, -0.05) is 18.9 Å². The quantitative estimate of drug-likeness (QED) is 0.865. The molecule has 0 unspecified atom stereocenters. The van der Waals surface area contributed by atoms with Crippen molar-refractivity contribution in [1.82, 2.24) is 5.32 Å². The van der Waals surface area contributed by atoms with E-state index in [9.17, 15) is 9.18 Å². The van der Waals surface area contributed by atoms with E-state index < -0.39 is 5.54 Å². The van der Waals surface area contributed by atoms with Crippen LogP contribution in [0, 0.1) is 5.82 Å². The van der Waals surface area contributed by atoms with Gasteiger partial charge in [0.05, 0.1) is 12.1 Å². The molecule has 0 bridgehead atoms. The second kappa shape index (κ2) is 6.33. The third-order valence-electron chi connectivity index (χ3n) is 3.81. The predicted octanol–water partition coefficient (Wildman–Crippen LogP) is 1.86. The van der Waals surface area contributed by atoms with Gasteiger partial charge in [0.15, 0.2) is 0 Å². The smallest absolute Gasteiger partial charge is 0.240 e. The zero-order chi connectivity index (χ0) is 14.6. The Bertz CT molecular complexity index is 485. The molecule has 5 heteroatoms. The van der Waals surface area contributed by atoms with Gasteiger partial charge in [-0.3, -0.25) is 4.79 Å². The predicted molar refractivity (Wildman–Crippen MR) is 74.3 cm³/mol. The van der Waals surface area contributed by atoms with Crippen molar-refractivity contribution in [3.63, 3.8) is 0 Å². The van der Waals surface area contributed by atoms with E-state index in [-0.39, 0.29) is 18.3 Å². The second-order valence-electron chi connectivity index (χ2n) is 5.40. The average molecular weight is 280 g/mol. The van der Waals surface area contributed by atoms with Crippen LogP contribution in [0.2, 0.25) is 0 Å². The van der Waals surface area contributed by atoms with Crippen molar-refractivity contribution in [2.45, 2.75) is 44.4 Å². The van der Waals surface area contributed by atoms with Gasteiger partial charge in [-0.25, -0.2) is 4.39 Å². The first-order valence-corrected chi connectivity index (χ1v) is 6.88. The fourth-order valence-electron chi connectivity index (χ4n) is 2.60. The van der Waals surface area contributed by atoms with Crippen LogP contribution in [0.25, 0.3) is 0 Å². The Balaban J connectivity index is 1.97. The number of rotatable bonds is 5. The van der Waals surface area contributed by atoms with Crippen LogP contribution in [-0.4, -0.2) is 18.6 Å². The van der Waals surface area contributed by atoms with Crippen LogP contribution in [0.5, 0.6) is 0 Å². The number of amides is 1. The molecule has 1 aliphatic carbocycles. The molecule has 2 rings (SSSR count). The lowest BCUT2D eigenvalue weighted by molar-refractivity contribution is -0.126. The highest BCUT2D eigenvalue weighted by Gasteiger charge is 2.36. The highest BCUT2D eigenvalue weighted by atomic mass is 19.1. The van der Waals surface area contributed by atoms with Gasteiger partial charge in [0, 0.05) is 19.2 Å². The summed E-state index contributed by atoms with van der Waals surface area (Å²) in [5.41, 5.74) is 6.68. The molecule has 0 radical (unpaired) electrons. The lowest BCUT2D eigenvalue weighted by Gasteiger charge is -2.22. The maximum Gasteiger partial charge on any atom is 0.240 e. The lowest BCUT2D eigenvalue weighted by Crippen LogP contribution is -2.51. The van der Waals surface area contributed by atoms with Crippen LogP contribution in [-0.2, 0) is 22.7 Å². The molecule has 0 aliphatic heterocycles. The molecule has 0 atom stereocenters. The number of benzene rings is 1. The molecular formula is C15H21FN2O2. The molecule has 0 heterocycles. The number of hydrogen-bond donors (Lipinski definition) is 2. The maximum absolute atomic E-state index is 13.5. The zero-order valence-corrected chi connectivity index (χ0v) is 11.7. The van der Waals surface area contributed by atoms with Crippen molar-refractivity contribution < 1.29 is 13.9 Å². The summed E-state index contributed by atoms with van der Waals surface area (Å²) in [5, 5.41) is 2.84. The van der Waals surface area contributed by atoms with E-state index in [1.54, 1.807) is 12.1 Å². The van der Waals surface area contributed by atoms with Gasteiger partial charge >= 0.3 is 0 Å². The normalized spacial score (nSPS) is 17.1. The standard InChI is InChI=1S/C15H21FN2O2/c1-20-10-12-8-11(4-5-13(12)16)9-18-14(19)15(17)6-2-3-7-15/h4-5,8H,2-3,6-7,9-10,17H2,1H3,(H,18,19). The molecule has 1 aromatic rings. The second-order valence-corrected chi connectivity index (χ2v) is 5.40. The number of carbonyl (C=O) groups is 1. The van der Waals surface area contributed by atoms with Crippen molar-refractivity contribution in [1.29, 1.82) is 0 Å². The Hall–Kier alpha value is -1.46. The SMILES string of the molecule is COCc1cc(CNC(=O)C2(N)CCCC2)ccc1F. The van der Waals surface area contributed by atoms with E-state index in [1.165, 1.54) is 13.2 Å². The molecule has 0 saturated heterocycles. The van der Waals surface area contributed by atoms with Crippen molar-refractivity contribution >= 4 is 5.91 Å². The molecule has 4 nitrogen and oxygen atoms in total. The summed E-state index contributed by atoms with van der Waals surface area (Å²) >= 11 is 0. The maximum atomic E-state index is 13.5. The first-order chi connectivity index (χ1) is 9.55. The van der Waals surface area contributed by atoms with Gasteiger partial charge in [0.1, 0.15) is 5.82 Å². The summed E-state index contributed by atoms with van der Waals surface area (Å²) in [6, 6.07) is 4.76. The van der Waals surface area contributed by atoms with Crippen molar-refractivity contribution in [3.8, 4) is 0 Å². The van der Waals surface area contributed by atoms with E-state index in [0.717, 1.165) is 31.2 Å². The Labute approximate surface area is 118 Å². The van der Waals surface area contributed by atoms with Crippen LogP contribution >= 0.6 is 0 Å². The minimum Gasteiger partial charge on any atom is -0.380 e. The number of ether oxygens (including phenoxy) is 1. The molecule has 1 aromatic carbocycles. The summed E-state index contributed by atoms with van der Waals surface area (Å²) in [5.74, 6) is -0.416. The van der Waals surface area contributed by atoms with Crippen LogP contribution in [0.4, 0.5) is 4.39 Å². The number of hydrogen-bond acceptors (Lipinski definition) is 3. The summed E-state index contributed by atoms with van der Waals surface area (Å²) in [6.45, 7) is 0.573. The number of carbonyl (C=O) groups excluding carboxylic acids is 1. The number of methoxy groups -OCH3 is 1. The number of nitrogens with two attached hydrogens (primary N) is 1. The molecule has 1 amide bonds. The highest BCUT2D eigenvalue weighted by molar-refractivity contribution is 5.86. The first-order valence-electron chi connectivity index (χ1n) is 6.88. The van der Waals surface area contributed by atoms with E-state index in [0.29, 0.717) is 12.1 Å². The average Bonchev–Trinajstić information content (AvgIpc) is 2.88. The summed E-state index contributed by atoms with van der Waals surface area (Å²) in [4.78, 5) is 12.1. The van der Waals surface area contributed by atoms with Crippen LogP contribution in [0.3, 0.4) is 0 Å². The van der Waals surface area contributed by atoms with Crippen molar-refractivity contribution in [3.05, 3.63) is 35.1 Å². The largest absolute Gasteiger partial charge is 0.380 e. The molecule has 0 spiro atoms. The molecule has 1 fully saturated rings. The Morgan fingerprint density at radius 3 is 2.80 bits per heavy atom. The van der Waals surface area contributed by atoms with E-state index in [1.807, 2.05) is 0 Å². The number of halogens is 1. The van der Waals surface area contributed by atoms with Gasteiger partial charge in [0.2, 0.25) is 5.91 Å². The van der Waals surface area contributed by atoms with Crippen molar-refractivity contribution in [2.24, 2.45) is 5.73 Å². The van der Waals surface area contributed by atoms with Gasteiger partial charge < -0.3 is 15.8 Å². The minimum atomic E-state index is -0.727. The highest BCUT2D eigenvalue weighted by Crippen LogP contribution is 2.27. The van der Waals surface area contributed by atoms with E-state index in [4.69, 9.17) is 10.5 Å². The topological polar surface area (TPSA) is 64.3 Å². The molecule has 1 aliphatic rings. The third-order valence-corrected chi connectivity index (χ3v) is 3.81. The molecule has 0 aromatic heterocycles. The molecule has 20 heavy (non-hydrogen) atoms. The third kappa shape index (κ3) is 3.35. The summed E-state index contributed by atoms with van der Waals surface area (Å²) < 4.78 is 18.4. The molecule has 3 N–H and O–H groups in total. The van der Waals surface area contributed by atoms with E-state index >= 15 is 0 Å². The van der Waals surface area contributed by atoms with E-state index in [2.05, 4.69) is 5.32 Å². The molecule has 1 saturated carbocycles.